The lowest BCUT2D eigenvalue weighted by Crippen LogP contribution is -2.20. The number of hydrogen-bond donors (Lipinski definition) is 1. The van der Waals surface area contributed by atoms with Gasteiger partial charge in [0.05, 0.1) is 5.69 Å². The molecule has 0 fully saturated rings. The number of thiophene rings is 1. The molecular formula is C13H16N4S2. The molecule has 0 spiro atoms. The zero-order valence-electron chi connectivity index (χ0n) is 11.0. The summed E-state index contributed by atoms with van der Waals surface area (Å²) in [5.41, 5.74) is 2.55. The van der Waals surface area contributed by atoms with Gasteiger partial charge in [0.2, 0.25) is 0 Å². The molecule has 0 saturated heterocycles. The fourth-order valence-corrected chi connectivity index (χ4v) is 3.58. The zero-order chi connectivity index (χ0) is 13.2. The molecular weight excluding hydrogens is 276 g/mol. The van der Waals surface area contributed by atoms with E-state index in [0.717, 1.165) is 23.9 Å². The van der Waals surface area contributed by atoms with Crippen LogP contribution in [0.5, 0.6) is 0 Å². The van der Waals surface area contributed by atoms with Gasteiger partial charge >= 0.3 is 0 Å². The van der Waals surface area contributed by atoms with Crippen molar-refractivity contribution in [3.63, 3.8) is 0 Å². The highest BCUT2D eigenvalue weighted by atomic mass is 32.1. The van der Waals surface area contributed by atoms with Crippen LogP contribution in [0.2, 0.25) is 0 Å². The van der Waals surface area contributed by atoms with E-state index in [4.69, 9.17) is 4.98 Å². The Morgan fingerprint density at radius 1 is 1.42 bits per heavy atom. The van der Waals surface area contributed by atoms with Gasteiger partial charge in [-0.25, -0.2) is 4.98 Å². The Hall–Kier alpha value is -1.37. The molecule has 0 amide bonds. The second-order valence-electron chi connectivity index (χ2n) is 4.46. The molecule has 19 heavy (non-hydrogen) atoms. The van der Waals surface area contributed by atoms with Crippen LogP contribution < -0.4 is 10.2 Å². The molecule has 6 heteroatoms. The van der Waals surface area contributed by atoms with E-state index < -0.39 is 0 Å². The molecule has 100 valence electrons. The summed E-state index contributed by atoms with van der Waals surface area (Å²) < 4.78 is 2.17. The first-order valence-electron chi connectivity index (χ1n) is 6.11. The number of aromatic nitrogens is 2. The summed E-state index contributed by atoms with van der Waals surface area (Å²) in [7, 11) is 4.07. The Balaban J connectivity index is 1.94. The number of fused-ring (bicyclic) bond motifs is 1. The summed E-state index contributed by atoms with van der Waals surface area (Å²) in [5.74, 6) is 1.06. The minimum absolute atomic E-state index is 0.821. The Morgan fingerprint density at radius 2 is 2.32 bits per heavy atom. The largest absolute Gasteiger partial charge is 0.354 e. The highest BCUT2D eigenvalue weighted by Crippen LogP contribution is 2.25. The van der Waals surface area contributed by atoms with Crippen molar-refractivity contribution < 1.29 is 0 Å². The van der Waals surface area contributed by atoms with Gasteiger partial charge in [0.15, 0.2) is 10.8 Å². The molecule has 1 N–H and O–H groups in total. The van der Waals surface area contributed by atoms with Crippen molar-refractivity contribution in [1.82, 2.24) is 14.7 Å². The molecule has 0 bridgehead atoms. The number of nitrogens with zero attached hydrogens (tertiary/aromatic N) is 3. The highest BCUT2D eigenvalue weighted by Gasteiger charge is 2.16. The van der Waals surface area contributed by atoms with Crippen LogP contribution in [0.25, 0.3) is 4.96 Å². The Morgan fingerprint density at radius 3 is 3.05 bits per heavy atom. The number of imidazole rings is 1. The van der Waals surface area contributed by atoms with Crippen molar-refractivity contribution in [1.29, 1.82) is 0 Å². The number of thiazole rings is 1. The van der Waals surface area contributed by atoms with Crippen molar-refractivity contribution in [2.45, 2.75) is 13.1 Å². The maximum absolute atomic E-state index is 4.74. The molecule has 3 aromatic rings. The van der Waals surface area contributed by atoms with Crippen molar-refractivity contribution in [3.05, 3.63) is 39.7 Å². The normalized spacial score (nSPS) is 11.3. The van der Waals surface area contributed by atoms with Gasteiger partial charge in [0.1, 0.15) is 0 Å². The monoisotopic (exact) mass is 292 g/mol. The summed E-state index contributed by atoms with van der Waals surface area (Å²) in [4.78, 5) is 8.01. The average molecular weight is 292 g/mol. The molecule has 0 aliphatic carbocycles. The molecule has 0 saturated carbocycles. The number of hydrogen-bond acceptors (Lipinski definition) is 5. The zero-order valence-corrected chi connectivity index (χ0v) is 12.6. The third kappa shape index (κ3) is 2.39. The lowest BCUT2D eigenvalue weighted by atomic mass is 10.3. The molecule has 0 aliphatic heterocycles. The lowest BCUT2D eigenvalue weighted by Gasteiger charge is -2.17. The van der Waals surface area contributed by atoms with E-state index in [1.165, 1.54) is 11.3 Å². The smallest absolute Gasteiger partial charge is 0.195 e. The molecule has 3 heterocycles. The van der Waals surface area contributed by atoms with Crippen molar-refractivity contribution >= 4 is 33.5 Å². The highest BCUT2D eigenvalue weighted by molar-refractivity contribution is 7.15. The fourth-order valence-electron chi connectivity index (χ4n) is 2.19. The maximum Gasteiger partial charge on any atom is 0.195 e. The van der Waals surface area contributed by atoms with E-state index in [1.54, 1.807) is 22.7 Å². The topological polar surface area (TPSA) is 32.6 Å². The molecule has 0 atom stereocenters. The van der Waals surface area contributed by atoms with Crippen LogP contribution in [-0.4, -0.2) is 23.5 Å². The standard InChI is InChI=1S/C13H16N4S2/c1-14-7-11-12(15-13-17(11)4-6-19-13)16(2)8-10-3-5-18-9-10/h3-6,9,14H,7-8H2,1-2H3. The van der Waals surface area contributed by atoms with E-state index in [0.29, 0.717) is 0 Å². The molecule has 0 radical (unpaired) electrons. The minimum Gasteiger partial charge on any atom is -0.354 e. The maximum atomic E-state index is 4.74. The predicted octanol–water partition coefficient (Wildman–Crippen LogP) is 2.81. The SMILES string of the molecule is CNCc1c(N(C)Cc2ccsc2)nc2sccn12. The van der Waals surface area contributed by atoms with Crippen LogP contribution in [0.1, 0.15) is 11.3 Å². The molecule has 4 nitrogen and oxygen atoms in total. The molecule has 0 aliphatic rings. The first kappa shape index (κ1) is 12.7. The van der Waals surface area contributed by atoms with Gasteiger partial charge in [0.25, 0.3) is 0 Å². The Labute approximate surface area is 120 Å². The van der Waals surface area contributed by atoms with Crippen LogP contribution in [0.4, 0.5) is 5.82 Å². The van der Waals surface area contributed by atoms with Gasteiger partial charge < -0.3 is 10.2 Å². The van der Waals surface area contributed by atoms with E-state index in [2.05, 4.69) is 50.1 Å². The van der Waals surface area contributed by atoms with E-state index in [9.17, 15) is 0 Å². The van der Waals surface area contributed by atoms with Crippen molar-refractivity contribution in [2.24, 2.45) is 0 Å². The third-order valence-electron chi connectivity index (χ3n) is 3.05. The quantitative estimate of drug-likeness (QED) is 0.785. The number of rotatable bonds is 5. The number of anilines is 1. The first-order valence-corrected chi connectivity index (χ1v) is 7.93. The first-order chi connectivity index (χ1) is 9.29. The minimum atomic E-state index is 0.821. The van der Waals surface area contributed by atoms with Crippen LogP contribution in [0.15, 0.2) is 28.4 Å². The Kier molecular flexibility index (Phi) is 3.54. The molecule has 0 unspecified atom stereocenters. The van der Waals surface area contributed by atoms with E-state index in [-0.39, 0.29) is 0 Å². The van der Waals surface area contributed by atoms with Gasteiger partial charge in [-0.05, 0) is 29.4 Å². The second kappa shape index (κ2) is 5.32. The van der Waals surface area contributed by atoms with E-state index >= 15 is 0 Å². The Bertz CT molecular complexity index is 653. The fraction of sp³-hybridized carbons (Fsp3) is 0.308. The van der Waals surface area contributed by atoms with Gasteiger partial charge in [0, 0.05) is 31.7 Å². The van der Waals surface area contributed by atoms with Gasteiger partial charge in [-0.2, -0.15) is 11.3 Å². The molecule has 3 rings (SSSR count). The lowest BCUT2D eigenvalue weighted by molar-refractivity contribution is 0.772. The van der Waals surface area contributed by atoms with Gasteiger partial charge in [-0.15, -0.1) is 11.3 Å². The van der Waals surface area contributed by atoms with Crippen molar-refractivity contribution in [3.8, 4) is 0 Å². The molecule has 3 aromatic heterocycles. The third-order valence-corrected chi connectivity index (χ3v) is 4.53. The summed E-state index contributed by atoms with van der Waals surface area (Å²) in [6.45, 7) is 1.71. The summed E-state index contributed by atoms with van der Waals surface area (Å²) >= 11 is 3.41. The van der Waals surface area contributed by atoms with Crippen LogP contribution in [-0.2, 0) is 13.1 Å². The average Bonchev–Trinajstić information content (AvgIpc) is 3.07. The summed E-state index contributed by atoms with van der Waals surface area (Å²) in [6.07, 6.45) is 2.08. The van der Waals surface area contributed by atoms with Gasteiger partial charge in [-0.3, -0.25) is 4.40 Å². The van der Waals surface area contributed by atoms with Crippen LogP contribution in [0.3, 0.4) is 0 Å². The number of nitrogens with one attached hydrogen (secondary N) is 1. The second-order valence-corrected chi connectivity index (χ2v) is 6.11. The summed E-state index contributed by atoms with van der Waals surface area (Å²) in [6, 6.07) is 2.16. The van der Waals surface area contributed by atoms with E-state index in [1.807, 2.05) is 7.05 Å². The van der Waals surface area contributed by atoms with Crippen molar-refractivity contribution in [2.75, 3.05) is 19.0 Å². The summed E-state index contributed by atoms with van der Waals surface area (Å²) in [5, 5.41) is 9.60. The van der Waals surface area contributed by atoms with Crippen LogP contribution in [0, 0.1) is 0 Å². The molecule has 0 aromatic carbocycles. The van der Waals surface area contributed by atoms with Gasteiger partial charge in [-0.1, -0.05) is 0 Å². The predicted molar refractivity (Wildman–Crippen MR) is 82.3 cm³/mol. The van der Waals surface area contributed by atoms with Crippen LogP contribution >= 0.6 is 22.7 Å².